The summed E-state index contributed by atoms with van der Waals surface area (Å²) in [6.45, 7) is 2.96. The van der Waals surface area contributed by atoms with Crippen molar-refractivity contribution >= 4 is 23.3 Å². The van der Waals surface area contributed by atoms with Crippen LogP contribution in [0.3, 0.4) is 0 Å². The smallest absolute Gasteiger partial charge is 0.314 e. The van der Waals surface area contributed by atoms with Gasteiger partial charge in [-0.2, -0.15) is 0 Å². The number of amides is 2. The zero-order chi connectivity index (χ0) is 15.3. The average Bonchev–Trinajstić information content (AvgIpc) is 2.92. The number of urea groups is 1. The Kier molecular flexibility index (Phi) is 5.17. The van der Waals surface area contributed by atoms with Crippen molar-refractivity contribution in [2.45, 2.75) is 38.5 Å². The summed E-state index contributed by atoms with van der Waals surface area (Å²) in [6, 6.07) is -0.241. The van der Waals surface area contributed by atoms with Gasteiger partial charge in [0, 0.05) is 30.6 Å². The predicted molar refractivity (Wildman–Crippen MR) is 80.5 cm³/mol. The van der Waals surface area contributed by atoms with Crippen molar-refractivity contribution in [3.05, 3.63) is 16.6 Å². The average molecular weight is 311 g/mol. The first-order valence-electron chi connectivity index (χ1n) is 7.14. The molecule has 6 nitrogen and oxygen atoms in total. The Labute approximate surface area is 128 Å². The standard InChI is InChI=1S/C14H21N3O3S/c1-10(12-15-5-6-21-12)8-16-13(20)17-9-14(3-2-4-14)7-11(18)19/h5-6,10H,2-4,7-9H2,1H3,(H,18,19)(H2,16,17,20). The maximum Gasteiger partial charge on any atom is 0.314 e. The van der Waals surface area contributed by atoms with E-state index in [-0.39, 0.29) is 23.8 Å². The fourth-order valence-corrected chi connectivity index (χ4v) is 3.25. The number of aliphatic carboxylic acids is 1. The molecule has 1 atom stereocenters. The van der Waals surface area contributed by atoms with Gasteiger partial charge in [-0.15, -0.1) is 11.3 Å². The quantitative estimate of drug-likeness (QED) is 0.720. The summed E-state index contributed by atoms with van der Waals surface area (Å²) in [5.41, 5.74) is -0.246. The van der Waals surface area contributed by atoms with E-state index in [9.17, 15) is 9.59 Å². The molecule has 0 radical (unpaired) electrons. The molecule has 1 aliphatic rings. The summed E-state index contributed by atoms with van der Waals surface area (Å²) in [6.07, 6.45) is 4.66. The van der Waals surface area contributed by atoms with Gasteiger partial charge in [-0.05, 0) is 18.3 Å². The van der Waals surface area contributed by atoms with Gasteiger partial charge in [-0.1, -0.05) is 13.3 Å². The zero-order valence-corrected chi connectivity index (χ0v) is 12.9. The number of hydrogen-bond donors (Lipinski definition) is 3. The highest BCUT2D eigenvalue weighted by molar-refractivity contribution is 7.09. The van der Waals surface area contributed by atoms with Crippen molar-refractivity contribution in [3.63, 3.8) is 0 Å². The second-order valence-electron chi connectivity index (χ2n) is 5.76. The zero-order valence-electron chi connectivity index (χ0n) is 12.1. The predicted octanol–water partition coefficient (Wildman–Crippen LogP) is 2.19. The van der Waals surface area contributed by atoms with Gasteiger partial charge in [-0.25, -0.2) is 9.78 Å². The summed E-state index contributed by atoms with van der Waals surface area (Å²) < 4.78 is 0. The van der Waals surface area contributed by atoms with E-state index in [1.807, 2.05) is 12.3 Å². The monoisotopic (exact) mass is 311 g/mol. The molecule has 0 spiro atoms. The molecule has 0 aliphatic heterocycles. The van der Waals surface area contributed by atoms with Crippen LogP contribution >= 0.6 is 11.3 Å². The molecule has 116 valence electrons. The number of nitrogens with zero attached hydrogens (tertiary/aromatic N) is 1. The Morgan fingerprint density at radius 1 is 1.48 bits per heavy atom. The van der Waals surface area contributed by atoms with Gasteiger partial charge in [0.1, 0.15) is 0 Å². The molecule has 0 saturated heterocycles. The second kappa shape index (κ2) is 6.89. The van der Waals surface area contributed by atoms with Crippen LogP contribution < -0.4 is 10.6 Å². The number of aromatic nitrogens is 1. The van der Waals surface area contributed by atoms with Crippen molar-refractivity contribution in [1.82, 2.24) is 15.6 Å². The molecule has 21 heavy (non-hydrogen) atoms. The number of hydrogen-bond acceptors (Lipinski definition) is 4. The first-order chi connectivity index (χ1) is 10.0. The van der Waals surface area contributed by atoms with E-state index in [0.717, 1.165) is 24.3 Å². The van der Waals surface area contributed by atoms with Crippen molar-refractivity contribution in [3.8, 4) is 0 Å². The maximum absolute atomic E-state index is 11.8. The van der Waals surface area contributed by atoms with Gasteiger partial charge in [-0.3, -0.25) is 4.79 Å². The van der Waals surface area contributed by atoms with E-state index < -0.39 is 5.97 Å². The summed E-state index contributed by atoms with van der Waals surface area (Å²) in [5.74, 6) is -0.623. The molecule has 1 aromatic rings. The molecule has 0 bridgehead atoms. The van der Waals surface area contributed by atoms with Gasteiger partial charge in [0.05, 0.1) is 11.4 Å². The van der Waals surface area contributed by atoms with Crippen molar-refractivity contribution in [1.29, 1.82) is 0 Å². The third-order valence-electron chi connectivity index (χ3n) is 4.01. The minimum Gasteiger partial charge on any atom is -0.481 e. The largest absolute Gasteiger partial charge is 0.481 e. The second-order valence-corrected chi connectivity index (χ2v) is 6.69. The lowest BCUT2D eigenvalue weighted by Crippen LogP contribution is -2.47. The summed E-state index contributed by atoms with van der Waals surface area (Å²) >= 11 is 1.57. The molecule has 1 aliphatic carbocycles. The molecule has 3 N–H and O–H groups in total. The molecule has 1 saturated carbocycles. The van der Waals surface area contributed by atoms with Crippen LogP contribution in [0.4, 0.5) is 4.79 Å². The Morgan fingerprint density at radius 3 is 2.76 bits per heavy atom. The van der Waals surface area contributed by atoms with Crippen LogP contribution in [0, 0.1) is 5.41 Å². The molecule has 1 fully saturated rings. The van der Waals surface area contributed by atoms with Crippen LogP contribution in [0.1, 0.15) is 43.5 Å². The third kappa shape index (κ3) is 4.42. The first-order valence-corrected chi connectivity index (χ1v) is 8.02. The van der Waals surface area contributed by atoms with Crippen LogP contribution in [0.2, 0.25) is 0 Å². The van der Waals surface area contributed by atoms with E-state index in [1.54, 1.807) is 17.5 Å². The molecule has 1 heterocycles. The molecule has 1 unspecified atom stereocenters. The fraction of sp³-hybridized carbons (Fsp3) is 0.643. The minimum atomic E-state index is -0.797. The summed E-state index contributed by atoms with van der Waals surface area (Å²) in [7, 11) is 0. The molecule has 0 aromatic carbocycles. The lowest BCUT2D eigenvalue weighted by Gasteiger charge is -2.40. The Hall–Kier alpha value is -1.63. The van der Waals surface area contributed by atoms with Gasteiger partial charge in [0.2, 0.25) is 0 Å². The Bertz CT molecular complexity index is 486. The van der Waals surface area contributed by atoms with E-state index >= 15 is 0 Å². The Balaban J connectivity index is 1.71. The first kappa shape index (κ1) is 15.8. The maximum atomic E-state index is 11.8. The van der Waals surface area contributed by atoms with Crippen LogP contribution in [0.5, 0.6) is 0 Å². The number of carboxylic acid groups (broad SMARTS) is 1. The van der Waals surface area contributed by atoms with Crippen molar-refractivity contribution < 1.29 is 14.7 Å². The van der Waals surface area contributed by atoms with Crippen LogP contribution in [-0.4, -0.2) is 35.2 Å². The number of carbonyl (C=O) groups is 2. The van der Waals surface area contributed by atoms with E-state index in [2.05, 4.69) is 15.6 Å². The molecule has 2 rings (SSSR count). The lowest BCUT2D eigenvalue weighted by molar-refractivity contribution is -0.141. The lowest BCUT2D eigenvalue weighted by atomic mass is 9.66. The third-order valence-corrected chi connectivity index (χ3v) is 5.01. The number of carbonyl (C=O) groups excluding carboxylic acids is 1. The highest BCUT2D eigenvalue weighted by Gasteiger charge is 2.39. The number of nitrogens with one attached hydrogen (secondary N) is 2. The normalized spacial score (nSPS) is 17.6. The highest BCUT2D eigenvalue weighted by Crippen LogP contribution is 2.43. The van der Waals surface area contributed by atoms with Crippen molar-refractivity contribution in [2.24, 2.45) is 5.41 Å². The molecular weight excluding hydrogens is 290 g/mol. The van der Waals surface area contributed by atoms with Gasteiger partial charge in [0.15, 0.2) is 0 Å². The van der Waals surface area contributed by atoms with Gasteiger partial charge < -0.3 is 15.7 Å². The van der Waals surface area contributed by atoms with Gasteiger partial charge >= 0.3 is 12.0 Å². The van der Waals surface area contributed by atoms with Crippen LogP contribution in [0.25, 0.3) is 0 Å². The summed E-state index contributed by atoms with van der Waals surface area (Å²) in [4.78, 5) is 26.9. The molecule has 7 heteroatoms. The topological polar surface area (TPSA) is 91.3 Å². The van der Waals surface area contributed by atoms with E-state index in [1.165, 1.54) is 0 Å². The number of thiazole rings is 1. The molecule has 1 aromatic heterocycles. The van der Waals surface area contributed by atoms with Crippen LogP contribution in [0.15, 0.2) is 11.6 Å². The van der Waals surface area contributed by atoms with Gasteiger partial charge in [0.25, 0.3) is 0 Å². The number of rotatable bonds is 7. The molecule has 2 amide bonds. The Morgan fingerprint density at radius 2 is 2.24 bits per heavy atom. The van der Waals surface area contributed by atoms with Crippen molar-refractivity contribution in [2.75, 3.05) is 13.1 Å². The SMILES string of the molecule is CC(CNC(=O)NCC1(CC(=O)O)CCC1)c1nccs1. The highest BCUT2D eigenvalue weighted by atomic mass is 32.1. The summed E-state index contributed by atoms with van der Waals surface area (Å²) in [5, 5.41) is 17.5. The fourth-order valence-electron chi connectivity index (χ4n) is 2.55. The number of carboxylic acids is 1. The molecular formula is C14H21N3O3S. The van der Waals surface area contributed by atoms with E-state index in [4.69, 9.17) is 5.11 Å². The van der Waals surface area contributed by atoms with Crippen LogP contribution in [-0.2, 0) is 4.79 Å². The minimum absolute atomic E-state index is 0.128. The van der Waals surface area contributed by atoms with E-state index in [0.29, 0.717) is 13.1 Å².